The van der Waals surface area contributed by atoms with Gasteiger partial charge in [0.25, 0.3) is 0 Å². The average Bonchev–Trinajstić information content (AvgIpc) is 3.01. The number of aromatic nitrogens is 2. The number of aryl methyl sites for hydroxylation is 1. The maximum atomic E-state index is 5.50. The fourth-order valence-corrected chi connectivity index (χ4v) is 1.34. The molecule has 0 aromatic carbocycles. The van der Waals surface area contributed by atoms with Gasteiger partial charge in [0, 0.05) is 19.3 Å². The highest BCUT2D eigenvalue weighted by molar-refractivity contribution is 5.32. The highest BCUT2D eigenvalue weighted by atomic mass is 16.5. The van der Waals surface area contributed by atoms with E-state index in [9.17, 15) is 0 Å². The number of anilines is 1. The third-order valence-corrected chi connectivity index (χ3v) is 2.38. The molecule has 0 amide bonds. The van der Waals surface area contributed by atoms with Crippen molar-refractivity contribution in [3.8, 4) is 0 Å². The van der Waals surface area contributed by atoms with Crippen LogP contribution in [0.3, 0.4) is 0 Å². The van der Waals surface area contributed by atoms with Gasteiger partial charge in [-0.15, -0.1) is 0 Å². The minimum atomic E-state index is 0.750. The Labute approximate surface area is 90.1 Å². The minimum absolute atomic E-state index is 0.750. The van der Waals surface area contributed by atoms with Crippen molar-refractivity contribution in [1.82, 2.24) is 9.97 Å². The molecule has 0 unspecified atom stereocenters. The lowest BCUT2D eigenvalue weighted by Gasteiger charge is -2.06. The van der Waals surface area contributed by atoms with E-state index in [2.05, 4.69) is 15.3 Å². The Kier molecular flexibility index (Phi) is 3.50. The lowest BCUT2D eigenvalue weighted by Crippen LogP contribution is -2.11. The summed E-state index contributed by atoms with van der Waals surface area (Å²) in [4.78, 5) is 8.27. The molecule has 0 radical (unpaired) electrons. The first-order valence-electron chi connectivity index (χ1n) is 5.46. The summed E-state index contributed by atoms with van der Waals surface area (Å²) in [5, 5.41) is 3.20. The average molecular weight is 207 g/mol. The lowest BCUT2D eigenvalue weighted by molar-refractivity contribution is 0.134. The molecule has 4 heteroatoms. The normalized spacial score (nSPS) is 15.3. The van der Waals surface area contributed by atoms with E-state index in [4.69, 9.17) is 4.74 Å². The van der Waals surface area contributed by atoms with Crippen molar-refractivity contribution in [2.24, 2.45) is 5.92 Å². The molecule has 1 aromatic heterocycles. The van der Waals surface area contributed by atoms with Gasteiger partial charge in [-0.3, -0.25) is 0 Å². The van der Waals surface area contributed by atoms with Crippen LogP contribution in [-0.2, 0) is 4.74 Å². The molecular formula is C11H17N3O. The molecule has 1 aliphatic rings. The molecule has 4 nitrogen and oxygen atoms in total. The van der Waals surface area contributed by atoms with Gasteiger partial charge in [-0.25, -0.2) is 9.97 Å². The molecule has 0 saturated heterocycles. The van der Waals surface area contributed by atoms with Crippen LogP contribution in [0.1, 0.15) is 18.7 Å². The van der Waals surface area contributed by atoms with Gasteiger partial charge in [-0.1, -0.05) is 0 Å². The van der Waals surface area contributed by atoms with Crippen molar-refractivity contribution in [1.29, 1.82) is 0 Å². The topological polar surface area (TPSA) is 47.0 Å². The first-order valence-corrected chi connectivity index (χ1v) is 5.46. The van der Waals surface area contributed by atoms with Crippen molar-refractivity contribution < 1.29 is 4.74 Å². The minimum Gasteiger partial charge on any atom is -0.379 e. The van der Waals surface area contributed by atoms with Crippen molar-refractivity contribution in [2.45, 2.75) is 19.8 Å². The van der Waals surface area contributed by atoms with E-state index >= 15 is 0 Å². The SMILES string of the molecule is Cc1nccc(NCCOCC2CC2)n1. The van der Waals surface area contributed by atoms with Crippen LogP contribution in [0.2, 0.25) is 0 Å². The predicted octanol–water partition coefficient (Wildman–Crippen LogP) is 1.62. The molecule has 0 atom stereocenters. The van der Waals surface area contributed by atoms with Gasteiger partial charge in [-0.05, 0) is 31.7 Å². The molecule has 0 spiro atoms. The second-order valence-corrected chi connectivity index (χ2v) is 3.93. The van der Waals surface area contributed by atoms with Gasteiger partial charge < -0.3 is 10.1 Å². The second-order valence-electron chi connectivity index (χ2n) is 3.93. The van der Waals surface area contributed by atoms with E-state index in [0.717, 1.165) is 37.3 Å². The van der Waals surface area contributed by atoms with Crippen LogP contribution in [0.5, 0.6) is 0 Å². The molecule has 1 aliphatic carbocycles. The third-order valence-electron chi connectivity index (χ3n) is 2.38. The third kappa shape index (κ3) is 3.83. The van der Waals surface area contributed by atoms with Gasteiger partial charge in [0.2, 0.25) is 0 Å². The van der Waals surface area contributed by atoms with Crippen LogP contribution < -0.4 is 5.32 Å². The molecule has 82 valence electrons. The standard InChI is InChI=1S/C11H17N3O/c1-9-12-5-4-11(14-9)13-6-7-15-8-10-2-3-10/h4-5,10H,2-3,6-8H2,1H3,(H,12,13,14). The second kappa shape index (κ2) is 5.07. The summed E-state index contributed by atoms with van der Waals surface area (Å²) in [5.74, 6) is 2.50. The maximum Gasteiger partial charge on any atom is 0.129 e. The van der Waals surface area contributed by atoms with E-state index in [0.29, 0.717) is 0 Å². The van der Waals surface area contributed by atoms with Crippen LogP contribution in [-0.4, -0.2) is 29.7 Å². The van der Waals surface area contributed by atoms with Gasteiger partial charge in [-0.2, -0.15) is 0 Å². The highest BCUT2D eigenvalue weighted by Crippen LogP contribution is 2.28. The highest BCUT2D eigenvalue weighted by Gasteiger charge is 2.20. The van der Waals surface area contributed by atoms with Crippen molar-refractivity contribution >= 4 is 5.82 Å². The summed E-state index contributed by atoms with van der Waals surface area (Å²) in [5.41, 5.74) is 0. The number of nitrogens with zero attached hydrogens (tertiary/aromatic N) is 2. The van der Waals surface area contributed by atoms with Gasteiger partial charge >= 0.3 is 0 Å². The molecule has 0 aliphatic heterocycles. The van der Waals surface area contributed by atoms with E-state index in [1.165, 1.54) is 12.8 Å². The summed E-state index contributed by atoms with van der Waals surface area (Å²) in [6.45, 7) is 4.36. The zero-order valence-electron chi connectivity index (χ0n) is 9.07. The summed E-state index contributed by atoms with van der Waals surface area (Å²) in [6.07, 6.45) is 4.45. The van der Waals surface area contributed by atoms with Gasteiger partial charge in [0.05, 0.1) is 6.61 Å². The molecule has 1 heterocycles. The zero-order valence-corrected chi connectivity index (χ0v) is 9.07. The van der Waals surface area contributed by atoms with Crippen LogP contribution in [0.15, 0.2) is 12.3 Å². The fourth-order valence-electron chi connectivity index (χ4n) is 1.34. The van der Waals surface area contributed by atoms with Crippen molar-refractivity contribution in [2.75, 3.05) is 25.1 Å². The molecule has 0 bridgehead atoms. The Bertz CT molecular complexity index is 312. The van der Waals surface area contributed by atoms with E-state index in [-0.39, 0.29) is 0 Å². The van der Waals surface area contributed by atoms with Crippen LogP contribution in [0.25, 0.3) is 0 Å². The van der Waals surface area contributed by atoms with E-state index in [1.54, 1.807) is 6.20 Å². The first kappa shape index (κ1) is 10.4. The number of hydrogen-bond acceptors (Lipinski definition) is 4. The molecule has 2 rings (SSSR count). The monoisotopic (exact) mass is 207 g/mol. The molecular weight excluding hydrogens is 190 g/mol. The Morgan fingerprint density at radius 1 is 1.53 bits per heavy atom. The molecule has 1 saturated carbocycles. The number of rotatable bonds is 6. The van der Waals surface area contributed by atoms with E-state index in [1.807, 2.05) is 13.0 Å². The van der Waals surface area contributed by atoms with E-state index < -0.39 is 0 Å². The fraction of sp³-hybridized carbons (Fsp3) is 0.636. The summed E-state index contributed by atoms with van der Waals surface area (Å²) in [7, 11) is 0. The van der Waals surface area contributed by atoms with Gasteiger partial charge in [0.1, 0.15) is 11.6 Å². The largest absolute Gasteiger partial charge is 0.379 e. The maximum absolute atomic E-state index is 5.50. The van der Waals surface area contributed by atoms with Crippen LogP contribution in [0, 0.1) is 12.8 Å². The summed E-state index contributed by atoms with van der Waals surface area (Å²) >= 11 is 0. The summed E-state index contributed by atoms with van der Waals surface area (Å²) < 4.78 is 5.50. The van der Waals surface area contributed by atoms with Crippen molar-refractivity contribution in [3.63, 3.8) is 0 Å². The van der Waals surface area contributed by atoms with Crippen molar-refractivity contribution in [3.05, 3.63) is 18.1 Å². The molecule has 1 fully saturated rings. The first-order chi connectivity index (χ1) is 7.34. The Hall–Kier alpha value is -1.16. The number of hydrogen-bond donors (Lipinski definition) is 1. The Morgan fingerprint density at radius 3 is 3.13 bits per heavy atom. The molecule has 1 aromatic rings. The smallest absolute Gasteiger partial charge is 0.129 e. The van der Waals surface area contributed by atoms with Crippen LogP contribution in [0.4, 0.5) is 5.82 Å². The molecule has 1 N–H and O–H groups in total. The number of nitrogens with one attached hydrogen (secondary N) is 1. The Morgan fingerprint density at radius 2 is 2.40 bits per heavy atom. The zero-order chi connectivity index (χ0) is 10.5. The predicted molar refractivity (Wildman–Crippen MR) is 58.8 cm³/mol. The van der Waals surface area contributed by atoms with Gasteiger partial charge in [0.15, 0.2) is 0 Å². The molecule has 15 heavy (non-hydrogen) atoms. The summed E-state index contributed by atoms with van der Waals surface area (Å²) in [6, 6.07) is 1.87. The van der Waals surface area contributed by atoms with Crippen LogP contribution >= 0.6 is 0 Å². The quantitative estimate of drug-likeness (QED) is 0.720. The number of ether oxygens (including phenoxy) is 1. The lowest BCUT2D eigenvalue weighted by atomic mass is 10.5. The Balaban J connectivity index is 1.60.